The summed E-state index contributed by atoms with van der Waals surface area (Å²) < 4.78 is 20.1. The number of rotatable bonds is 8. The Morgan fingerprint density at radius 2 is 1.95 bits per heavy atom. The number of hydrogen-bond donors (Lipinski definition) is 5. The van der Waals surface area contributed by atoms with E-state index in [9.17, 15) is 23.9 Å². The molecule has 0 fully saturated rings. The first kappa shape index (κ1) is 30.0. The van der Waals surface area contributed by atoms with E-state index in [0.717, 1.165) is 12.0 Å². The van der Waals surface area contributed by atoms with E-state index in [1.165, 1.54) is 17.7 Å². The molecule has 0 saturated heterocycles. The summed E-state index contributed by atoms with van der Waals surface area (Å²) in [7, 11) is 0. The van der Waals surface area contributed by atoms with Gasteiger partial charge < -0.3 is 31.5 Å². The van der Waals surface area contributed by atoms with E-state index in [1.807, 2.05) is 18.2 Å². The van der Waals surface area contributed by atoms with Crippen molar-refractivity contribution in [2.45, 2.75) is 76.6 Å². The molecule has 39 heavy (non-hydrogen) atoms. The first-order valence-electron chi connectivity index (χ1n) is 13.5. The number of carbonyl (C=O) groups is 3. The Bertz CT molecular complexity index is 1130. The van der Waals surface area contributed by atoms with E-state index >= 15 is 0 Å². The van der Waals surface area contributed by atoms with Crippen LogP contribution in [0.25, 0.3) is 0 Å². The maximum absolute atomic E-state index is 14.4. The number of hydrogen-bond acceptors (Lipinski definition) is 6. The molecule has 2 bridgehead atoms. The molecule has 1 aliphatic heterocycles. The molecular formula is C29H39FN4O5. The average Bonchev–Trinajstić information content (AvgIpc) is 2.89. The number of benzene rings is 2. The third-order valence-electron chi connectivity index (χ3n) is 6.63. The van der Waals surface area contributed by atoms with Crippen molar-refractivity contribution in [1.29, 1.82) is 0 Å². The van der Waals surface area contributed by atoms with Crippen LogP contribution in [0.5, 0.6) is 5.75 Å². The number of primary amides is 1. The lowest BCUT2D eigenvalue weighted by Crippen LogP contribution is -2.55. The van der Waals surface area contributed by atoms with Crippen LogP contribution >= 0.6 is 0 Å². The van der Waals surface area contributed by atoms with E-state index < -0.39 is 35.8 Å². The van der Waals surface area contributed by atoms with Crippen molar-refractivity contribution in [1.82, 2.24) is 16.0 Å². The van der Waals surface area contributed by atoms with Crippen molar-refractivity contribution in [3.63, 3.8) is 0 Å². The SMILES string of the molecule is CCc1cccc(CNC[C@@H](O)C2Cc3cc(F)cc(c3)OCCCCCC(=O)NC(CC(N)=O)C(=O)N2)c1. The van der Waals surface area contributed by atoms with Gasteiger partial charge in [-0.15, -0.1) is 0 Å². The van der Waals surface area contributed by atoms with Crippen LogP contribution in [0.1, 0.15) is 55.7 Å². The van der Waals surface area contributed by atoms with Crippen molar-refractivity contribution >= 4 is 17.7 Å². The average molecular weight is 543 g/mol. The van der Waals surface area contributed by atoms with Crippen LogP contribution in [-0.2, 0) is 33.8 Å². The molecule has 3 atom stereocenters. The lowest BCUT2D eigenvalue weighted by molar-refractivity contribution is -0.132. The lowest BCUT2D eigenvalue weighted by atomic mass is 9.99. The van der Waals surface area contributed by atoms with E-state index in [-0.39, 0.29) is 31.7 Å². The van der Waals surface area contributed by atoms with Gasteiger partial charge in [-0.25, -0.2) is 4.39 Å². The van der Waals surface area contributed by atoms with E-state index in [2.05, 4.69) is 28.9 Å². The van der Waals surface area contributed by atoms with Crippen LogP contribution in [0.15, 0.2) is 42.5 Å². The van der Waals surface area contributed by atoms with Gasteiger partial charge in [-0.2, -0.15) is 0 Å². The Hall–Kier alpha value is -3.50. The Kier molecular flexibility index (Phi) is 11.7. The topological polar surface area (TPSA) is 143 Å². The molecule has 0 spiro atoms. The molecule has 0 saturated carbocycles. The van der Waals surface area contributed by atoms with E-state index in [0.29, 0.717) is 43.7 Å². The summed E-state index contributed by atoms with van der Waals surface area (Å²) in [6, 6.07) is 10.4. The minimum atomic E-state index is -1.19. The molecule has 3 rings (SSSR count). The van der Waals surface area contributed by atoms with Crippen LogP contribution in [0, 0.1) is 5.82 Å². The molecule has 6 N–H and O–H groups in total. The standard InChI is InChI=1S/C29H39FN4O5/c1-2-19-7-6-8-20(11-19)17-32-18-26(35)24-14-21-12-22(30)15-23(13-21)39-10-5-3-4-9-28(37)33-25(16-27(31)36)29(38)34-24/h6-8,11-13,15,24-26,32,35H,2-5,9-10,14,16-18H2,1H3,(H2,31,36)(H,33,37)(H,34,38)/t24?,25?,26-/m1/s1. The smallest absolute Gasteiger partial charge is 0.243 e. The molecule has 1 heterocycles. The number of fused-ring (bicyclic) bond motifs is 2. The molecule has 2 unspecified atom stereocenters. The molecule has 9 nitrogen and oxygen atoms in total. The van der Waals surface area contributed by atoms with Crippen molar-refractivity contribution in [3.05, 3.63) is 65.0 Å². The zero-order valence-electron chi connectivity index (χ0n) is 22.4. The Morgan fingerprint density at radius 1 is 1.15 bits per heavy atom. The van der Waals surface area contributed by atoms with Crippen LogP contribution in [0.2, 0.25) is 0 Å². The van der Waals surface area contributed by atoms with E-state index in [4.69, 9.17) is 10.5 Å². The predicted octanol–water partition coefficient (Wildman–Crippen LogP) is 1.88. The fourth-order valence-electron chi connectivity index (χ4n) is 4.54. The molecule has 2 aromatic rings. The maximum Gasteiger partial charge on any atom is 0.243 e. The number of amides is 3. The zero-order chi connectivity index (χ0) is 28.2. The summed E-state index contributed by atoms with van der Waals surface area (Å²) in [6.07, 6.45) is 1.64. The molecule has 212 valence electrons. The van der Waals surface area contributed by atoms with Crippen molar-refractivity contribution in [3.8, 4) is 5.75 Å². The summed E-state index contributed by atoms with van der Waals surface area (Å²) in [4.78, 5) is 37.3. The van der Waals surface area contributed by atoms with Crippen molar-refractivity contribution < 1.29 is 28.6 Å². The molecule has 0 aromatic heterocycles. The Balaban J connectivity index is 1.80. The maximum atomic E-state index is 14.4. The predicted molar refractivity (Wildman–Crippen MR) is 145 cm³/mol. The second-order valence-electron chi connectivity index (χ2n) is 9.94. The monoisotopic (exact) mass is 542 g/mol. The molecular weight excluding hydrogens is 503 g/mol. The van der Waals surface area contributed by atoms with Gasteiger partial charge in [-0.1, -0.05) is 31.2 Å². The number of aliphatic hydroxyl groups excluding tert-OH is 1. The quantitative estimate of drug-likeness (QED) is 0.345. The van der Waals surface area contributed by atoms with Crippen molar-refractivity contribution in [2.75, 3.05) is 13.2 Å². The number of nitrogens with two attached hydrogens (primary N) is 1. The lowest BCUT2D eigenvalue weighted by Gasteiger charge is -2.27. The summed E-state index contributed by atoms with van der Waals surface area (Å²) in [5.74, 6) is -1.90. The highest BCUT2D eigenvalue weighted by Crippen LogP contribution is 2.20. The van der Waals surface area contributed by atoms with Gasteiger partial charge in [0.1, 0.15) is 17.6 Å². The van der Waals surface area contributed by atoms with Crippen molar-refractivity contribution in [2.24, 2.45) is 5.73 Å². The number of halogens is 1. The minimum Gasteiger partial charge on any atom is -0.493 e. The number of nitrogens with one attached hydrogen (secondary N) is 3. The van der Waals surface area contributed by atoms with Gasteiger partial charge in [0, 0.05) is 25.6 Å². The molecule has 3 amide bonds. The normalized spacial score (nSPS) is 19.9. The van der Waals surface area contributed by atoms with Gasteiger partial charge in [-0.3, -0.25) is 14.4 Å². The van der Waals surface area contributed by atoms with Gasteiger partial charge in [0.25, 0.3) is 0 Å². The largest absolute Gasteiger partial charge is 0.493 e. The fourth-order valence-corrected chi connectivity index (χ4v) is 4.54. The third kappa shape index (κ3) is 10.3. The molecule has 0 aliphatic carbocycles. The van der Waals surface area contributed by atoms with Crippen LogP contribution in [0.3, 0.4) is 0 Å². The first-order valence-corrected chi connectivity index (χ1v) is 13.5. The Labute approximate surface area is 228 Å². The highest BCUT2D eigenvalue weighted by molar-refractivity contribution is 5.91. The van der Waals surface area contributed by atoms with Crippen LogP contribution < -0.4 is 26.4 Å². The number of ether oxygens (including phenoxy) is 1. The molecule has 1 aliphatic rings. The minimum absolute atomic E-state index is 0.0886. The molecule has 10 heteroatoms. The third-order valence-corrected chi connectivity index (χ3v) is 6.63. The number of carbonyl (C=O) groups excluding carboxylic acids is 3. The zero-order valence-corrected chi connectivity index (χ0v) is 22.4. The second kappa shape index (κ2) is 15.2. The van der Waals surface area contributed by atoms with Gasteiger partial charge in [0.15, 0.2) is 0 Å². The van der Waals surface area contributed by atoms with Gasteiger partial charge >= 0.3 is 0 Å². The fraction of sp³-hybridized carbons (Fsp3) is 0.483. The Morgan fingerprint density at radius 3 is 2.72 bits per heavy atom. The summed E-state index contributed by atoms with van der Waals surface area (Å²) in [6.45, 7) is 3.07. The highest BCUT2D eigenvalue weighted by Gasteiger charge is 2.28. The summed E-state index contributed by atoms with van der Waals surface area (Å²) >= 11 is 0. The van der Waals surface area contributed by atoms with Gasteiger partial charge in [0.05, 0.1) is 25.2 Å². The van der Waals surface area contributed by atoms with E-state index in [1.54, 1.807) is 6.07 Å². The summed E-state index contributed by atoms with van der Waals surface area (Å²) in [5.41, 5.74) is 8.12. The first-order chi connectivity index (χ1) is 18.7. The van der Waals surface area contributed by atoms with Crippen LogP contribution in [0.4, 0.5) is 4.39 Å². The van der Waals surface area contributed by atoms with Gasteiger partial charge in [-0.05, 0) is 60.9 Å². The summed E-state index contributed by atoms with van der Waals surface area (Å²) in [5, 5.41) is 19.7. The molecule has 0 radical (unpaired) electrons. The molecule has 2 aromatic carbocycles. The van der Waals surface area contributed by atoms with Crippen LogP contribution in [-0.4, -0.2) is 54.2 Å². The highest BCUT2D eigenvalue weighted by atomic mass is 19.1. The number of aliphatic hydroxyl groups is 1. The van der Waals surface area contributed by atoms with Gasteiger partial charge in [0.2, 0.25) is 17.7 Å². The second-order valence-corrected chi connectivity index (χ2v) is 9.94. The number of aryl methyl sites for hydroxylation is 1.